The second-order valence-electron chi connectivity index (χ2n) is 4.78. The standard InChI is InChI=1S/C10H16BrNO2/c11-5-8-3-10(4-8)1-2-12(7-10)6-9(13)14/h8H,1-7H2,(H,13,14). The maximum atomic E-state index is 10.5. The van der Waals surface area contributed by atoms with Crippen LogP contribution in [0, 0.1) is 11.3 Å². The SMILES string of the molecule is O=C(O)CN1CCC2(CC(CBr)C2)C1. The summed E-state index contributed by atoms with van der Waals surface area (Å²) in [7, 11) is 0. The third-order valence-electron chi connectivity index (χ3n) is 3.54. The van der Waals surface area contributed by atoms with Gasteiger partial charge in [0.25, 0.3) is 0 Å². The van der Waals surface area contributed by atoms with Gasteiger partial charge in [-0.05, 0) is 37.1 Å². The number of rotatable bonds is 3. The van der Waals surface area contributed by atoms with Gasteiger partial charge in [-0.1, -0.05) is 15.9 Å². The number of halogens is 1. The molecule has 1 saturated heterocycles. The van der Waals surface area contributed by atoms with Crippen molar-refractivity contribution in [2.24, 2.45) is 11.3 Å². The lowest BCUT2D eigenvalue weighted by molar-refractivity contribution is -0.138. The van der Waals surface area contributed by atoms with E-state index in [1.165, 1.54) is 19.3 Å². The van der Waals surface area contributed by atoms with Gasteiger partial charge < -0.3 is 5.11 Å². The van der Waals surface area contributed by atoms with Crippen molar-refractivity contribution in [3.8, 4) is 0 Å². The Morgan fingerprint density at radius 1 is 1.57 bits per heavy atom. The van der Waals surface area contributed by atoms with Gasteiger partial charge in [-0.3, -0.25) is 9.69 Å². The quantitative estimate of drug-likeness (QED) is 0.785. The van der Waals surface area contributed by atoms with Crippen molar-refractivity contribution >= 4 is 21.9 Å². The Hall–Kier alpha value is -0.0900. The van der Waals surface area contributed by atoms with E-state index >= 15 is 0 Å². The van der Waals surface area contributed by atoms with Crippen LogP contribution in [0.15, 0.2) is 0 Å². The normalized spacial score (nSPS) is 37.4. The molecule has 14 heavy (non-hydrogen) atoms. The molecule has 0 amide bonds. The van der Waals surface area contributed by atoms with E-state index in [9.17, 15) is 4.79 Å². The summed E-state index contributed by atoms with van der Waals surface area (Å²) in [5.74, 6) is 0.137. The number of carbonyl (C=O) groups is 1. The summed E-state index contributed by atoms with van der Waals surface area (Å²) in [6, 6.07) is 0. The lowest BCUT2D eigenvalue weighted by Crippen LogP contribution is -2.41. The smallest absolute Gasteiger partial charge is 0.317 e. The zero-order valence-electron chi connectivity index (χ0n) is 8.21. The van der Waals surface area contributed by atoms with Gasteiger partial charge in [0.1, 0.15) is 0 Å². The van der Waals surface area contributed by atoms with Gasteiger partial charge in [-0.2, -0.15) is 0 Å². The minimum absolute atomic E-state index is 0.223. The Labute approximate surface area is 92.6 Å². The second-order valence-corrected chi connectivity index (χ2v) is 5.43. The van der Waals surface area contributed by atoms with Crippen LogP contribution in [0.1, 0.15) is 19.3 Å². The van der Waals surface area contributed by atoms with Crippen molar-refractivity contribution < 1.29 is 9.90 Å². The van der Waals surface area contributed by atoms with Crippen LogP contribution in [0.5, 0.6) is 0 Å². The number of carboxylic acid groups (broad SMARTS) is 1. The van der Waals surface area contributed by atoms with E-state index in [1.807, 2.05) is 0 Å². The average Bonchev–Trinajstić information content (AvgIpc) is 2.44. The Morgan fingerprint density at radius 3 is 2.86 bits per heavy atom. The van der Waals surface area contributed by atoms with E-state index in [0.717, 1.165) is 24.3 Å². The summed E-state index contributed by atoms with van der Waals surface area (Å²) in [6.45, 7) is 2.20. The molecule has 2 rings (SSSR count). The number of hydrogen-bond donors (Lipinski definition) is 1. The van der Waals surface area contributed by atoms with E-state index in [4.69, 9.17) is 5.11 Å². The molecule has 1 spiro atoms. The van der Waals surface area contributed by atoms with Crippen LogP contribution in [0.25, 0.3) is 0 Å². The Morgan fingerprint density at radius 2 is 2.29 bits per heavy atom. The highest BCUT2D eigenvalue weighted by atomic mass is 79.9. The summed E-state index contributed by atoms with van der Waals surface area (Å²) in [5.41, 5.74) is 0.480. The predicted octanol–water partition coefficient (Wildman–Crippen LogP) is 1.57. The van der Waals surface area contributed by atoms with E-state index < -0.39 is 5.97 Å². The summed E-state index contributed by atoms with van der Waals surface area (Å²) >= 11 is 3.50. The average molecular weight is 262 g/mol. The van der Waals surface area contributed by atoms with Crippen molar-refractivity contribution in [2.45, 2.75) is 19.3 Å². The number of likely N-dealkylation sites (tertiary alicyclic amines) is 1. The van der Waals surface area contributed by atoms with Gasteiger partial charge in [0.05, 0.1) is 6.54 Å². The number of aliphatic carboxylic acids is 1. The predicted molar refractivity (Wildman–Crippen MR) is 57.6 cm³/mol. The summed E-state index contributed by atoms with van der Waals surface area (Å²) in [4.78, 5) is 12.6. The first kappa shape index (κ1) is 10.4. The minimum atomic E-state index is -0.696. The molecular formula is C10H16BrNO2. The highest BCUT2D eigenvalue weighted by molar-refractivity contribution is 9.09. The molecule has 0 aromatic heterocycles. The van der Waals surface area contributed by atoms with Crippen LogP contribution in [0.2, 0.25) is 0 Å². The van der Waals surface area contributed by atoms with Crippen LogP contribution in [-0.2, 0) is 4.79 Å². The van der Waals surface area contributed by atoms with Crippen molar-refractivity contribution in [2.75, 3.05) is 25.0 Å². The molecule has 4 heteroatoms. The largest absolute Gasteiger partial charge is 0.480 e. The summed E-state index contributed by atoms with van der Waals surface area (Å²) < 4.78 is 0. The van der Waals surface area contributed by atoms with E-state index in [2.05, 4.69) is 20.8 Å². The topological polar surface area (TPSA) is 40.5 Å². The van der Waals surface area contributed by atoms with Gasteiger partial charge in [-0.15, -0.1) is 0 Å². The van der Waals surface area contributed by atoms with Crippen LogP contribution < -0.4 is 0 Å². The first-order valence-corrected chi connectivity index (χ1v) is 6.26. The number of alkyl halides is 1. The molecule has 0 atom stereocenters. The molecule has 2 fully saturated rings. The highest BCUT2D eigenvalue weighted by Crippen LogP contribution is 2.52. The Balaban J connectivity index is 1.81. The number of hydrogen-bond acceptors (Lipinski definition) is 2. The molecule has 1 heterocycles. The maximum absolute atomic E-state index is 10.5. The molecule has 0 radical (unpaired) electrons. The first-order chi connectivity index (χ1) is 6.63. The fourth-order valence-electron chi connectivity index (χ4n) is 2.96. The van der Waals surface area contributed by atoms with Gasteiger partial charge in [0.2, 0.25) is 0 Å². The van der Waals surface area contributed by atoms with Crippen molar-refractivity contribution in [3.05, 3.63) is 0 Å². The molecule has 3 nitrogen and oxygen atoms in total. The molecule has 0 aromatic carbocycles. The molecular weight excluding hydrogens is 246 g/mol. The Bertz CT molecular complexity index is 238. The van der Waals surface area contributed by atoms with E-state index in [0.29, 0.717) is 5.41 Å². The molecule has 0 bridgehead atoms. The monoisotopic (exact) mass is 261 g/mol. The van der Waals surface area contributed by atoms with Gasteiger partial charge >= 0.3 is 5.97 Å². The Kier molecular flexibility index (Phi) is 2.84. The third kappa shape index (κ3) is 1.96. The molecule has 2 aliphatic rings. The summed E-state index contributed by atoms with van der Waals surface area (Å²) in [6.07, 6.45) is 3.77. The van der Waals surface area contributed by atoms with Gasteiger partial charge in [0, 0.05) is 11.9 Å². The molecule has 1 aliphatic heterocycles. The number of carboxylic acids is 1. The number of nitrogens with zero attached hydrogens (tertiary/aromatic N) is 1. The van der Waals surface area contributed by atoms with Crippen molar-refractivity contribution in [1.29, 1.82) is 0 Å². The zero-order chi connectivity index (χ0) is 10.2. The van der Waals surface area contributed by atoms with Crippen molar-refractivity contribution in [1.82, 2.24) is 4.90 Å². The first-order valence-electron chi connectivity index (χ1n) is 5.14. The minimum Gasteiger partial charge on any atom is -0.480 e. The van der Waals surface area contributed by atoms with Crippen LogP contribution in [0.4, 0.5) is 0 Å². The van der Waals surface area contributed by atoms with E-state index in [-0.39, 0.29) is 6.54 Å². The highest BCUT2D eigenvalue weighted by Gasteiger charge is 2.47. The molecule has 1 N–H and O–H groups in total. The van der Waals surface area contributed by atoms with Crippen LogP contribution in [0.3, 0.4) is 0 Å². The molecule has 0 aromatic rings. The summed E-state index contributed by atoms with van der Waals surface area (Å²) in [5, 5.41) is 9.79. The van der Waals surface area contributed by atoms with E-state index in [1.54, 1.807) is 0 Å². The second kappa shape index (κ2) is 3.81. The fourth-order valence-corrected chi connectivity index (χ4v) is 3.42. The van der Waals surface area contributed by atoms with Crippen LogP contribution >= 0.6 is 15.9 Å². The molecule has 80 valence electrons. The van der Waals surface area contributed by atoms with Crippen LogP contribution in [-0.4, -0.2) is 40.9 Å². The maximum Gasteiger partial charge on any atom is 0.317 e. The fraction of sp³-hybridized carbons (Fsp3) is 0.900. The zero-order valence-corrected chi connectivity index (χ0v) is 9.79. The van der Waals surface area contributed by atoms with Crippen molar-refractivity contribution in [3.63, 3.8) is 0 Å². The van der Waals surface area contributed by atoms with Gasteiger partial charge in [0.15, 0.2) is 0 Å². The molecule has 1 aliphatic carbocycles. The lowest BCUT2D eigenvalue weighted by Gasteiger charge is -2.44. The lowest BCUT2D eigenvalue weighted by atomic mass is 9.62. The van der Waals surface area contributed by atoms with Gasteiger partial charge in [-0.25, -0.2) is 0 Å². The molecule has 0 unspecified atom stereocenters. The third-order valence-corrected chi connectivity index (χ3v) is 4.45. The molecule has 1 saturated carbocycles.